The smallest absolute Gasteiger partial charge is 0.324 e. The molecule has 1 atom stereocenters. The molecule has 2 N–H and O–H groups in total. The topological polar surface area (TPSA) is 78.5 Å². The molecule has 140 valence electrons. The second kappa shape index (κ2) is 8.18. The van der Waals surface area contributed by atoms with Gasteiger partial charge in [0.05, 0.1) is 6.54 Å². The quantitative estimate of drug-likeness (QED) is 0.771. The molecule has 1 unspecified atom stereocenters. The molecule has 0 bridgehead atoms. The van der Waals surface area contributed by atoms with E-state index in [9.17, 15) is 18.8 Å². The van der Waals surface area contributed by atoms with Crippen LogP contribution in [-0.2, 0) is 22.7 Å². The van der Waals surface area contributed by atoms with E-state index in [-0.39, 0.29) is 25.2 Å². The van der Waals surface area contributed by atoms with Crippen molar-refractivity contribution in [2.75, 3.05) is 6.54 Å². The highest BCUT2D eigenvalue weighted by Gasteiger charge is 2.38. The zero-order valence-electron chi connectivity index (χ0n) is 14.2. The minimum atomic E-state index is -1.09. The van der Waals surface area contributed by atoms with Crippen molar-refractivity contribution in [3.8, 4) is 0 Å². The first kappa shape index (κ1) is 18.8. The fourth-order valence-corrected chi connectivity index (χ4v) is 2.96. The van der Waals surface area contributed by atoms with Crippen molar-refractivity contribution in [1.29, 1.82) is 0 Å². The van der Waals surface area contributed by atoms with Gasteiger partial charge >= 0.3 is 6.03 Å². The van der Waals surface area contributed by atoms with Crippen LogP contribution in [0.25, 0.3) is 0 Å². The summed E-state index contributed by atoms with van der Waals surface area (Å²) in [5.74, 6) is -2.81. The average Bonchev–Trinajstić information content (AvgIpc) is 2.65. The lowest BCUT2D eigenvalue weighted by Crippen LogP contribution is -2.58. The first-order chi connectivity index (χ1) is 13.0. The molecule has 0 aromatic heterocycles. The molecule has 2 aromatic carbocycles. The third kappa shape index (κ3) is 4.25. The molecule has 0 spiro atoms. The van der Waals surface area contributed by atoms with Crippen molar-refractivity contribution in [2.24, 2.45) is 5.92 Å². The van der Waals surface area contributed by atoms with Crippen LogP contribution >= 0.6 is 11.6 Å². The standard InChI is InChI=1S/C19H17ClFN3O3/c20-15-7-3-1-5-12(15)9-22-17(25)14-10-23-19(27)24(18(14)26)11-13-6-2-4-8-16(13)21/h1-8,14H,9-11H2,(H,22,25)(H,23,27). The van der Waals surface area contributed by atoms with Gasteiger partial charge in [0, 0.05) is 23.7 Å². The third-order valence-corrected chi connectivity index (χ3v) is 4.65. The zero-order chi connectivity index (χ0) is 19.4. The number of carbonyl (C=O) groups excluding carboxylic acids is 3. The van der Waals surface area contributed by atoms with E-state index in [1.165, 1.54) is 18.2 Å². The number of rotatable bonds is 5. The molecule has 3 rings (SSSR count). The maximum atomic E-state index is 13.8. The number of halogens is 2. The van der Waals surface area contributed by atoms with Gasteiger partial charge in [-0.25, -0.2) is 9.18 Å². The van der Waals surface area contributed by atoms with Gasteiger partial charge < -0.3 is 10.6 Å². The molecular weight excluding hydrogens is 373 g/mol. The Hall–Kier alpha value is -2.93. The van der Waals surface area contributed by atoms with Crippen LogP contribution in [0.4, 0.5) is 9.18 Å². The van der Waals surface area contributed by atoms with Gasteiger partial charge in [-0.15, -0.1) is 0 Å². The van der Waals surface area contributed by atoms with Gasteiger partial charge in [-0.1, -0.05) is 48.0 Å². The highest BCUT2D eigenvalue weighted by atomic mass is 35.5. The number of nitrogens with zero attached hydrogens (tertiary/aromatic N) is 1. The number of hydrogen-bond acceptors (Lipinski definition) is 3. The zero-order valence-corrected chi connectivity index (χ0v) is 15.0. The van der Waals surface area contributed by atoms with Gasteiger partial charge in [-0.3, -0.25) is 14.5 Å². The van der Waals surface area contributed by atoms with Gasteiger partial charge in [-0.05, 0) is 17.7 Å². The van der Waals surface area contributed by atoms with E-state index in [2.05, 4.69) is 10.6 Å². The van der Waals surface area contributed by atoms with Gasteiger partial charge in [0.2, 0.25) is 11.8 Å². The van der Waals surface area contributed by atoms with Crippen LogP contribution in [0.5, 0.6) is 0 Å². The van der Waals surface area contributed by atoms with Gasteiger partial charge in [0.25, 0.3) is 0 Å². The van der Waals surface area contributed by atoms with Crippen LogP contribution in [0.15, 0.2) is 48.5 Å². The molecular formula is C19H17ClFN3O3. The Morgan fingerprint density at radius 2 is 1.81 bits per heavy atom. The number of benzene rings is 2. The van der Waals surface area contributed by atoms with E-state index in [0.717, 1.165) is 4.90 Å². The summed E-state index contributed by atoms with van der Waals surface area (Å²) in [6.07, 6.45) is 0. The SMILES string of the molecule is O=C(NCc1ccccc1Cl)C1CNC(=O)N(Cc2ccccc2F)C1=O. The molecule has 27 heavy (non-hydrogen) atoms. The molecule has 1 aliphatic heterocycles. The fraction of sp³-hybridized carbons (Fsp3) is 0.211. The fourth-order valence-electron chi connectivity index (χ4n) is 2.76. The van der Waals surface area contributed by atoms with E-state index < -0.39 is 29.6 Å². The number of carbonyl (C=O) groups is 3. The molecule has 1 saturated heterocycles. The second-order valence-electron chi connectivity index (χ2n) is 6.06. The monoisotopic (exact) mass is 389 g/mol. The van der Waals surface area contributed by atoms with Gasteiger partial charge in [-0.2, -0.15) is 0 Å². The van der Waals surface area contributed by atoms with Crippen LogP contribution in [0.1, 0.15) is 11.1 Å². The number of amides is 4. The predicted octanol–water partition coefficient (Wildman–Crippen LogP) is 2.46. The van der Waals surface area contributed by atoms with Crippen molar-refractivity contribution >= 4 is 29.4 Å². The summed E-state index contributed by atoms with van der Waals surface area (Å²) in [5, 5.41) is 5.66. The number of imide groups is 1. The van der Waals surface area contributed by atoms with Crippen LogP contribution in [0.3, 0.4) is 0 Å². The summed E-state index contributed by atoms with van der Waals surface area (Å²) >= 11 is 6.05. The molecule has 8 heteroatoms. The highest BCUT2D eigenvalue weighted by Crippen LogP contribution is 2.17. The normalized spacial score (nSPS) is 16.8. The maximum Gasteiger partial charge on any atom is 0.324 e. The Balaban J connectivity index is 1.68. The highest BCUT2D eigenvalue weighted by molar-refractivity contribution is 6.31. The number of nitrogens with one attached hydrogen (secondary N) is 2. The molecule has 2 aromatic rings. The van der Waals surface area contributed by atoms with Crippen molar-refractivity contribution in [3.05, 3.63) is 70.5 Å². The molecule has 1 aliphatic rings. The molecule has 0 saturated carbocycles. The predicted molar refractivity (Wildman–Crippen MR) is 97.1 cm³/mol. The third-order valence-electron chi connectivity index (χ3n) is 4.28. The maximum absolute atomic E-state index is 13.8. The molecule has 0 aliphatic carbocycles. The number of hydrogen-bond donors (Lipinski definition) is 2. The number of urea groups is 1. The second-order valence-corrected chi connectivity index (χ2v) is 6.47. The van der Waals surface area contributed by atoms with Crippen LogP contribution < -0.4 is 10.6 Å². The first-order valence-electron chi connectivity index (χ1n) is 8.31. The molecule has 6 nitrogen and oxygen atoms in total. The lowest BCUT2D eigenvalue weighted by molar-refractivity contribution is -0.141. The molecule has 0 radical (unpaired) electrons. The Kier molecular flexibility index (Phi) is 5.71. The minimum Gasteiger partial charge on any atom is -0.351 e. The average molecular weight is 390 g/mol. The Labute approximate surface area is 160 Å². The summed E-state index contributed by atoms with van der Waals surface area (Å²) in [5.41, 5.74) is 0.904. The van der Waals surface area contributed by atoms with Crippen molar-refractivity contribution < 1.29 is 18.8 Å². The minimum absolute atomic E-state index is 0.111. The lowest BCUT2D eigenvalue weighted by Gasteiger charge is -2.30. The Morgan fingerprint density at radius 3 is 2.52 bits per heavy atom. The summed E-state index contributed by atoms with van der Waals surface area (Å²) in [6, 6.07) is 12.2. The lowest BCUT2D eigenvalue weighted by atomic mass is 10.0. The van der Waals surface area contributed by atoms with Crippen LogP contribution in [0, 0.1) is 11.7 Å². The largest absolute Gasteiger partial charge is 0.351 e. The summed E-state index contributed by atoms with van der Waals surface area (Å²) in [7, 11) is 0. The molecule has 4 amide bonds. The van der Waals surface area contributed by atoms with Crippen LogP contribution in [0.2, 0.25) is 5.02 Å². The van der Waals surface area contributed by atoms with Crippen molar-refractivity contribution in [3.63, 3.8) is 0 Å². The van der Waals surface area contributed by atoms with E-state index >= 15 is 0 Å². The summed E-state index contributed by atoms with van der Waals surface area (Å²) in [6.45, 7) is -0.199. The Bertz CT molecular complexity index is 890. The van der Waals surface area contributed by atoms with Crippen molar-refractivity contribution in [2.45, 2.75) is 13.1 Å². The van der Waals surface area contributed by atoms with Gasteiger partial charge in [0.1, 0.15) is 11.7 Å². The van der Waals surface area contributed by atoms with Crippen molar-refractivity contribution in [1.82, 2.24) is 15.5 Å². The molecule has 1 heterocycles. The molecule has 1 fully saturated rings. The van der Waals surface area contributed by atoms with E-state index in [0.29, 0.717) is 10.6 Å². The Morgan fingerprint density at radius 1 is 1.15 bits per heavy atom. The summed E-state index contributed by atoms with van der Waals surface area (Å²) < 4.78 is 13.8. The first-order valence-corrected chi connectivity index (χ1v) is 8.69. The van der Waals surface area contributed by atoms with E-state index in [4.69, 9.17) is 11.6 Å². The van der Waals surface area contributed by atoms with E-state index in [1.807, 2.05) is 0 Å². The summed E-state index contributed by atoms with van der Waals surface area (Å²) in [4.78, 5) is 37.9. The van der Waals surface area contributed by atoms with Gasteiger partial charge in [0.15, 0.2) is 0 Å². The van der Waals surface area contributed by atoms with E-state index in [1.54, 1.807) is 30.3 Å². The van der Waals surface area contributed by atoms with Crippen LogP contribution in [-0.4, -0.2) is 29.3 Å².